The van der Waals surface area contributed by atoms with Gasteiger partial charge in [0.15, 0.2) is 0 Å². The number of halogens is 1. The van der Waals surface area contributed by atoms with Crippen LogP contribution in [-0.2, 0) is 6.42 Å². The van der Waals surface area contributed by atoms with Crippen molar-refractivity contribution >= 4 is 11.7 Å². The standard InChI is InChI=1S/C25H27FN4O/c1-19-5-7-20(8-6-19)18-24(23-4-2-3-13-27-23)28-25(31)30-16-14-29(15-17-30)22-11-9-21(26)10-12-22/h2-13,24H,14-18H2,1H3,(H,28,31). The Morgan fingerprint density at radius 2 is 1.71 bits per heavy atom. The number of benzene rings is 2. The van der Waals surface area contributed by atoms with Crippen LogP contribution in [0, 0.1) is 12.7 Å². The summed E-state index contributed by atoms with van der Waals surface area (Å²) in [5, 5.41) is 3.18. The van der Waals surface area contributed by atoms with Crippen LogP contribution in [-0.4, -0.2) is 42.1 Å². The molecule has 2 aromatic carbocycles. The van der Waals surface area contributed by atoms with E-state index < -0.39 is 0 Å². The second-order valence-corrected chi connectivity index (χ2v) is 7.90. The number of anilines is 1. The van der Waals surface area contributed by atoms with Gasteiger partial charge in [0.2, 0.25) is 0 Å². The molecule has 160 valence electrons. The van der Waals surface area contributed by atoms with Crippen molar-refractivity contribution in [1.82, 2.24) is 15.2 Å². The van der Waals surface area contributed by atoms with Gasteiger partial charge in [-0.1, -0.05) is 35.9 Å². The molecular formula is C25H27FN4O. The molecule has 0 saturated carbocycles. The summed E-state index contributed by atoms with van der Waals surface area (Å²) >= 11 is 0. The Morgan fingerprint density at radius 1 is 1.00 bits per heavy atom. The van der Waals surface area contributed by atoms with Crippen LogP contribution in [0.2, 0.25) is 0 Å². The highest BCUT2D eigenvalue weighted by molar-refractivity contribution is 5.75. The van der Waals surface area contributed by atoms with E-state index in [1.807, 2.05) is 23.1 Å². The first-order valence-electron chi connectivity index (χ1n) is 10.6. The maximum absolute atomic E-state index is 13.2. The van der Waals surface area contributed by atoms with E-state index >= 15 is 0 Å². The summed E-state index contributed by atoms with van der Waals surface area (Å²) < 4.78 is 13.2. The lowest BCUT2D eigenvalue weighted by molar-refractivity contribution is 0.190. The van der Waals surface area contributed by atoms with Gasteiger partial charge in [0.05, 0.1) is 11.7 Å². The highest BCUT2D eigenvalue weighted by atomic mass is 19.1. The molecule has 4 rings (SSSR count). The molecule has 0 aliphatic carbocycles. The molecule has 2 heterocycles. The zero-order valence-electron chi connectivity index (χ0n) is 17.7. The normalized spacial score (nSPS) is 14.9. The van der Waals surface area contributed by atoms with E-state index in [0.29, 0.717) is 32.6 Å². The fourth-order valence-electron chi connectivity index (χ4n) is 3.83. The highest BCUT2D eigenvalue weighted by Gasteiger charge is 2.24. The van der Waals surface area contributed by atoms with Gasteiger partial charge in [-0.2, -0.15) is 0 Å². The maximum Gasteiger partial charge on any atom is 0.318 e. The number of nitrogens with one attached hydrogen (secondary N) is 1. The Balaban J connectivity index is 1.40. The largest absolute Gasteiger partial charge is 0.368 e. The van der Waals surface area contributed by atoms with E-state index in [1.165, 1.54) is 17.7 Å². The van der Waals surface area contributed by atoms with Gasteiger partial charge in [0, 0.05) is 38.1 Å². The second kappa shape index (κ2) is 9.60. The van der Waals surface area contributed by atoms with E-state index in [1.54, 1.807) is 18.3 Å². The zero-order chi connectivity index (χ0) is 21.6. The average Bonchev–Trinajstić information content (AvgIpc) is 2.81. The van der Waals surface area contributed by atoms with Gasteiger partial charge in [-0.3, -0.25) is 4.98 Å². The number of carbonyl (C=O) groups excluding carboxylic acids is 1. The van der Waals surface area contributed by atoms with Gasteiger partial charge < -0.3 is 15.1 Å². The van der Waals surface area contributed by atoms with Crippen molar-refractivity contribution in [2.24, 2.45) is 0 Å². The topological polar surface area (TPSA) is 48.5 Å². The molecule has 1 atom stereocenters. The third kappa shape index (κ3) is 5.40. The quantitative estimate of drug-likeness (QED) is 0.670. The van der Waals surface area contributed by atoms with Crippen molar-refractivity contribution in [1.29, 1.82) is 0 Å². The molecule has 3 aromatic rings. The van der Waals surface area contributed by atoms with Crippen LogP contribution in [0.5, 0.6) is 0 Å². The first kappa shape index (κ1) is 20.8. The average molecular weight is 419 g/mol. The lowest BCUT2D eigenvalue weighted by atomic mass is 10.0. The number of rotatable bonds is 5. The summed E-state index contributed by atoms with van der Waals surface area (Å²) in [6.45, 7) is 4.72. The molecule has 0 radical (unpaired) electrons. The minimum absolute atomic E-state index is 0.0819. The summed E-state index contributed by atoms with van der Waals surface area (Å²) in [5.41, 5.74) is 4.19. The van der Waals surface area contributed by atoms with Crippen LogP contribution in [0.25, 0.3) is 0 Å². The van der Waals surface area contributed by atoms with Crippen molar-refractivity contribution in [3.63, 3.8) is 0 Å². The number of pyridine rings is 1. The van der Waals surface area contributed by atoms with Gasteiger partial charge >= 0.3 is 6.03 Å². The first-order chi connectivity index (χ1) is 15.1. The van der Waals surface area contributed by atoms with Crippen LogP contribution >= 0.6 is 0 Å². The van der Waals surface area contributed by atoms with Crippen molar-refractivity contribution in [2.75, 3.05) is 31.1 Å². The number of hydrogen-bond acceptors (Lipinski definition) is 3. The number of nitrogens with zero attached hydrogens (tertiary/aromatic N) is 3. The Hall–Kier alpha value is -3.41. The number of aromatic nitrogens is 1. The minimum atomic E-state index is -0.240. The fraction of sp³-hybridized carbons (Fsp3) is 0.280. The Morgan fingerprint density at radius 3 is 2.35 bits per heavy atom. The van der Waals surface area contributed by atoms with Crippen LogP contribution in [0.4, 0.5) is 14.9 Å². The van der Waals surface area contributed by atoms with E-state index in [-0.39, 0.29) is 17.9 Å². The van der Waals surface area contributed by atoms with Crippen LogP contribution in [0.15, 0.2) is 72.9 Å². The molecule has 31 heavy (non-hydrogen) atoms. The lowest BCUT2D eigenvalue weighted by Crippen LogP contribution is -2.52. The van der Waals surface area contributed by atoms with Gasteiger partial charge in [-0.25, -0.2) is 9.18 Å². The molecule has 1 unspecified atom stereocenters. The number of aryl methyl sites for hydroxylation is 1. The van der Waals surface area contributed by atoms with Crippen LogP contribution in [0.1, 0.15) is 22.9 Å². The van der Waals surface area contributed by atoms with E-state index in [0.717, 1.165) is 16.9 Å². The molecule has 1 aliphatic rings. The second-order valence-electron chi connectivity index (χ2n) is 7.90. The summed E-state index contributed by atoms with van der Waals surface area (Å²) in [7, 11) is 0. The smallest absolute Gasteiger partial charge is 0.318 e. The predicted octanol–water partition coefficient (Wildman–Crippen LogP) is 4.34. The molecule has 1 saturated heterocycles. The molecular weight excluding hydrogens is 391 g/mol. The SMILES string of the molecule is Cc1ccc(CC(NC(=O)N2CCN(c3ccc(F)cc3)CC2)c2ccccn2)cc1. The van der Waals surface area contributed by atoms with E-state index in [2.05, 4.69) is 46.4 Å². The highest BCUT2D eigenvalue weighted by Crippen LogP contribution is 2.20. The summed E-state index contributed by atoms with van der Waals surface area (Å²) in [6.07, 6.45) is 2.43. The molecule has 1 fully saturated rings. The number of urea groups is 1. The summed E-state index contributed by atoms with van der Waals surface area (Å²) in [5.74, 6) is -0.240. The Kier molecular flexibility index (Phi) is 6.46. The maximum atomic E-state index is 13.2. The predicted molar refractivity (Wildman–Crippen MR) is 121 cm³/mol. The summed E-state index contributed by atoms with van der Waals surface area (Å²) in [6, 6.07) is 20.3. The molecule has 0 bridgehead atoms. The molecule has 2 amide bonds. The number of hydrogen-bond donors (Lipinski definition) is 1. The van der Waals surface area contributed by atoms with Crippen molar-refractivity contribution in [3.05, 3.63) is 95.6 Å². The Labute approximate surface area is 182 Å². The fourth-order valence-corrected chi connectivity index (χ4v) is 3.83. The van der Waals surface area contributed by atoms with Gasteiger partial charge in [-0.05, 0) is 55.3 Å². The van der Waals surface area contributed by atoms with Gasteiger partial charge in [-0.15, -0.1) is 0 Å². The minimum Gasteiger partial charge on any atom is -0.368 e. The van der Waals surface area contributed by atoms with E-state index in [4.69, 9.17) is 0 Å². The lowest BCUT2D eigenvalue weighted by Gasteiger charge is -2.36. The zero-order valence-corrected chi connectivity index (χ0v) is 17.7. The van der Waals surface area contributed by atoms with Crippen molar-refractivity contribution in [3.8, 4) is 0 Å². The number of carbonyl (C=O) groups is 1. The molecule has 1 N–H and O–H groups in total. The molecule has 5 nitrogen and oxygen atoms in total. The number of piperazine rings is 1. The monoisotopic (exact) mass is 418 g/mol. The van der Waals surface area contributed by atoms with E-state index in [9.17, 15) is 9.18 Å². The molecule has 1 aliphatic heterocycles. The van der Waals surface area contributed by atoms with Gasteiger partial charge in [0.25, 0.3) is 0 Å². The van der Waals surface area contributed by atoms with Crippen molar-refractivity contribution < 1.29 is 9.18 Å². The van der Waals surface area contributed by atoms with Crippen LogP contribution in [0.3, 0.4) is 0 Å². The first-order valence-corrected chi connectivity index (χ1v) is 10.6. The summed E-state index contributed by atoms with van der Waals surface area (Å²) in [4.78, 5) is 21.5. The third-order valence-electron chi connectivity index (χ3n) is 5.66. The molecule has 6 heteroatoms. The third-order valence-corrected chi connectivity index (χ3v) is 5.66. The van der Waals surface area contributed by atoms with Crippen LogP contribution < -0.4 is 10.2 Å². The molecule has 0 spiro atoms. The Bertz CT molecular complexity index is 984. The number of amides is 2. The molecule has 1 aromatic heterocycles. The van der Waals surface area contributed by atoms with Crippen molar-refractivity contribution in [2.45, 2.75) is 19.4 Å². The van der Waals surface area contributed by atoms with Gasteiger partial charge in [0.1, 0.15) is 5.82 Å².